The van der Waals surface area contributed by atoms with E-state index in [1.165, 1.54) is 42.5 Å². The third-order valence-corrected chi connectivity index (χ3v) is 10.4. The van der Waals surface area contributed by atoms with Gasteiger partial charge in [-0.25, -0.2) is 4.79 Å². The van der Waals surface area contributed by atoms with Gasteiger partial charge < -0.3 is 98.9 Å². The van der Waals surface area contributed by atoms with E-state index in [-0.39, 0.29) is 34.1 Å². The molecule has 1 aliphatic carbocycles. The van der Waals surface area contributed by atoms with Gasteiger partial charge in [0.2, 0.25) is 6.29 Å². The summed E-state index contributed by atoms with van der Waals surface area (Å²) in [6.07, 6.45) is -22.8. The number of aliphatic hydroxyl groups excluding tert-OH is 8. The molecule has 0 unspecified atom stereocenters. The Balaban J connectivity index is 1.13. The van der Waals surface area contributed by atoms with Gasteiger partial charge in [-0.15, -0.1) is 0 Å². The molecule has 2 aromatic rings. The Hall–Kier alpha value is -5.44. The van der Waals surface area contributed by atoms with Crippen molar-refractivity contribution in [3.8, 4) is 51.4 Å². The zero-order valence-electron chi connectivity index (χ0n) is 32.5. The third kappa shape index (κ3) is 10.0. The molecule has 7 rings (SSSR count). The number of carbonyl (C=O) groups is 1. The number of hydrogen-bond donors (Lipinski definition) is 11. The van der Waals surface area contributed by atoms with E-state index >= 15 is 0 Å². The van der Waals surface area contributed by atoms with Crippen molar-refractivity contribution >= 4 is 12.0 Å². The van der Waals surface area contributed by atoms with Gasteiger partial charge in [-0.3, -0.25) is 4.79 Å². The number of phenolic OH excluding ortho intramolecular Hbond substituents is 3. The number of aromatic hydroxyl groups is 3. The normalized spacial score (nSPS) is 32.4. The van der Waals surface area contributed by atoms with E-state index in [4.69, 9.17) is 37.6 Å². The molecule has 0 bridgehead atoms. The summed E-state index contributed by atoms with van der Waals surface area (Å²) in [7, 11) is 0. The number of rotatable bonds is 12. The number of carbonyl (C=O) groups excluding carboxylic acids is 1. The number of benzene rings is 3. The van der Waals surface area contributed by atoms with E-state index in [2.05, 4.69) is 0 Å². The van der Waals surface area contributed by atoms with E-state index in [0.29, 0.717) is 5.56 Å². The highest BCUT2D eigenvalue weighted by Gasteiger charge is 2.51. The number of fused-ring (bicyclic) bond motifs is 1. The highest BCUT2D eigenvalue weighted by atomic mass is 16.8. The quantitative estimate of drug-likeness (QED) is 0.0510. The van der Waals surface area contributed by atoms with Gasteiger partial charge in [0.1, 0.15) is 90.7 Å². The first-order valence-corrected chi connectivity index (χ1v) is 19.2. The zero-order chi connectivity index (χ0) is 45.3. The highest BCUT2D eigenvalue weighted by molar-refractivity contribution is 5.87. The van der Waals surface area contributed by atoms with Gasteiger partial charge >= 0.3 is 5.97 Å². The molecular weight excluding hydrogens is 844 g/mol. The molecule has 340 valence electrons. The Morgan fingerprint density at radius 3 is 2.14 bits per heavy atom. The summed E-state index contributed by atoms with van der Waals surface area (Å²) in [6, 6.07) is 12.2. The number of esters is 1. The minimum Gasteiger partial charge on any atom is -0.870 e. The molecule has 0 aromatic heterocycles. The van der Waals surface area contributed by atoms with Crippen LogP contribution in [0.1, 0.15) is 5.56 Å². The minimum atomic E-state index is -2.04. The SMILES string of the molecule is O=C(/C=C/c1ccc(O)cc1)OC[C@H]1O[C@@H](OC[C@H]2O[C@@H](Oc3cc4c(O)cc(=O)cc-4oc3-c3ccc([O-])c(O)c3)[C@H](O[C@@H]3OC[C@@H](O)[C@H](O)[C@H]3O)[C@@H](O)[C@H]2O)[C@H](O)[C@@H](O)[C@@H]1O. The molecule has 5 aliphatic rings. The van der Waals surface area contributed by atoms with Crippen molar-refractivity contribution in [1.82, 2.24) is 0 Å². The molecule has 4 aliphatic heterocycles. The molecule has 11 N–H and O–H groups in total. The topological polar surface area (TPSA) is 357 Å². The lowest BCUT2D eigenvalue weighted by atomic mass is 9.97. The Bertz CT molecular complexity index is 2260. The molecule has 0 radical (unpaired) electrons. The first kappa shape index (κ1) is 45.6. The lowest BCUT2D eigenvalue weighted by Gasteiger charge is -2.45. The fraction of sp³-hybridized carbons (Fsp3) is 0.415. The number of ether oxygens (including phenoxy) is 7. The van der Waals surface area contributed by atoms with Crippen LogP contribution in [0.2, 0.25) is 0 Å². The summed E-state index contributed by atoms with van der Waals surface area (Å²) in [5.74, 6) is -3.69. The van der Waals surface area contributed by atoms with Crippen molar-refractivity contribution in [2.75, 3.05) is 19.8 Å². The molecule has 2 aromatic carbocycles. The average Bonchev–Trinajstić information content (AvgIpc) is 3.25. The first-order chi connectivity index (χ1) is 30.0. The van der Waals surface area contributed by atoms with Crippen molar-refractivity contribution in [2.45, 2.75) is 86.0 Å². The van der Waals surface area contributed by atoms with Crippen LogP contribution in [0.25, 0.3) is 28.7 Å². The van der Waals surface area contributed by atoms with E-state index < -0.39 is 134 Å². The molecule has 0 amide bonds. The minimum absolute atomic E-state index is 0.00513. The molecule has 3 fully saturated rings. The predicted molar refractivity (Wildman–Crippen MR) is 204 cm³/mol. The highest BCUT2D eigenvalue weighted by Crippen LogP contribution is 2.43. The first-order valence-electron chi connectivity index (χ1n) is 19.2. The third-order valence-electron chi connectivity index (χ3n) is 10.4. The van der Waals surface area contributed by atoms with Crippen LogP contribution in [0.4, 0.5) is 0 Å². The fourth-order valence-electron chi connectivity index (χ4n) is 6.93. The van der Waals surface area contributed by atoms with Gasteiger partial charge in [-0.05, 0) is 35.9 Å². The van der Waals surface area contributed by atoms with E-state index in [1.54, 1.807) is 0 Å². The van der Waals surface area contributed by atoms with Gasteiger partial charge in [0.15, 0.2) is 35.6 Å². The Kier molecular flexibility index (Phi) is 13.8. The Morgan fingerprint density at radius 2 is 1.41 bits per heavy atom. The van der Waals surface area contributed by atoms with Crippen LogP contribution in [0.3, 0.4) is 0 Å². The lowest BCUT2D eigenvalue weighted by molar-refractivity contribution is -0.353. The number of aliphatic hydroxyl groups is 8. The van der Waals surface area contributed by atoms with Crippen LogP contribution >= 0.6 is 0 Å². The van der Waals surface area contributed by atoms with Crippen molar-refractivity contribution in [1.29, 1.82) is 0 Å². The summed E-state index contributed by atoms with van der Waals surface area (Å²) >= 11 is 0. The summed E-state index contributed by atoms with van der Waals surface area (Å²) in [5.41, 5.74) is -0.195. The number of phenols is 3. The average molecular weight is 888 g/mol. The predicted octanol–water partition coefficient (Wildman–Crippen LogP) is -2.67. The molecule has 63 heavy (non-hydrogen) atoms. The van der Waals surface area contributed by atoms with Crippen LogP contribution < -0.4 is 15.3 Å². The van der Waals surface area contributed by atoms with Crippen LogP contribution in [0.15, 0.2) is 76.0 Å². The zero-order valence-corrected chi connectivity index (χ0v) is 32.5. The fourth-order valence-corrected chi connectivity index (χ4v) is 6.93. The molecule has 0 spiro atoms. The second-order valence-corrected chi connectivity index (χ2v) is 14.9. The second-order valence-electron chi connectivity index (χ2n) is 14.9. The van der Waals surface area contributed by atoms with Crippen molar-refractivity contribution in [3.63, 3.8) is 0 Å². The maximum Gasteiger partial charge on any atom is 0.330 e. The van der Waals surface area contributed by atoms with E-state index in [1.807, 2.05) is 0 Å². The standard InChI is InChI=1S/C41H44O22/c42-18-5-1-16(2-6-18)3-8-29(48)56-14-27-31(50)33(52)36(55)39(61-27)58-15-28-32(51)34(53)38(63-40-35(54)30(49)24(47)13-57-40)41(62-28)60-26-12-20-22(45)10-19(43)11-25(20)59-37(26)17-4-7-21(44)23(46)9-17/h1-12,24,27-28,30-36,38-42,44-47,49-55H,13-15H2/p-1/b8-3+/t24-,27-,28-,30+,31-,32+,33+,34+,35-,36-,38-,39-,40+,41-/m1/s1. The molecular formula is C41H43O22-. The van der Waals surface area contributed by atoms with Crippen molar-refractivity contribution in [2.24, 2.45) is 0 Å². The lowest BCUT2D eigenvalue weighted by Crippen LogP contribution is -2.64. The summed E-state index contributed by atoms with van der Waals surface area (Å²) in [5, 5.41) is 128. The van der Waals surface area contributed by atoms with Crippen LogP contribution in [0, 0.1) is 0 Å². The molecule has 22 nitrogen and oxygen atoms in total. The second kappa shape index (κ2) is 19.1. The van der Waals surface area contributed by atoms with Gasteiger partial charge in [-0.1, -0.05) is 30.0 Å². The van der Waals surface area contributed by atoms with Gasteiger partial charge in [0.05, 0.1) is 18.8 Å². The van der Waals surface area contributed by atoms with E-state index in [9.17, 15) is 70.9 Å². The summed E-state index contributed by atoms with van der Waals surface area (Å²) in [4.78, 5) is 24.7. The van der Waals surface area contributed by atoms with Gasteiger partial charge in [0, 0.05) is 23.8 Å². The van der Waals surface area contributed by atoms with E-state index in [0.717, 1.165) is 30.3 Å². The van der Waals surface area contributed by atoms with Crippen molar-refractivity contribution in [3.05, 3.63) is 82.5 Å². The Morgan fingerprint density at radius 1 is 0.730 bits per heavy atom. The molecule has 14 atom stereocenters. The molecule has 3 saturated heterocycles. The molecule has 0 saturated carbocycles. The molecule has 22 heteroatoms. The monoisotopic (exact) mass is 887 g/mol. The molecule has 4 heterocycles. The largest absolute Gasteiger partial charge is 0.870 e. The van der Waals surface area contributed by atoms with Gasteiger partial charge in [-0.2, -0.15) is 0 Å². The van der Waals surface area contributed by atoms with Gasteiger partial charge in [0.25, 0.3) is 0 Å². The number of hydrogen-bond acceptors (Lipinski definition) is 22. The summed E-state index contributed by atoms with van der Waals surface area (Å²) in [6.45, 7) is -1.95. The van der Waals surface area contributed by atoms with Crippen LogP contribution in [-0.2, 0) is 33.2 Å². The maximum atomic E-state index is 12.4. The smallest absolute Gasteiger partial charge is 0.330 e. The summed E-state index contributed by atoms with van der Waals surface area (Å²) < 4.78 is 45.7. The van der Waals surface area contributed by atoms with Crippen LogP contribution in [0.5, 0.6) is 28.7 Å². The van der Waals surface area contributed by atoms with Crippen LogP contribution in [-0.4, -0.2) is 168 Å². The maximum absolute atomic E-state index is 12.4. The van der Waals surface area contributed by atoms with Crippen molar-refractivity contribution < 1.29 is 104 Å². The Labute approximate surface area is 355 Å².